The minimum atomic E-state index is 0.200. The Kier molecular flexibility index (Phi) is 3.00. The monoisotopic (exact) mass is 200 g/mol. The van der Waals surface area contributed by atoms with Gasteiger partial charge in [-0.15, -0.1) is 0 Å². The van der Waals surface area contributed by atoms with Crippen molar-refractivity contribution in [2.45, 2.75) is 26.2 Å². The smallest absolute Gasteiger partial charge is 0.136 e. The molecule has 0 spiro atoms. The molecule has 0 saturated carbocycles. The van der Waals surface area contributed by atoms with E-state index >= 15 is 0 Å². The second-order valence-electron chi connectivity index (χ2n) is 4.20. The van der Waals surface area contributed by atoms with Crippen LogP contribution in [0.1, 0.15) is 31.7 Å². The van der Waals surface area contributed by atoms with E-state index in [4.69, 9.17) is 0 Å². The van der Waals surface area contributed by atoms with Crippen molar-refractivity contribution < 1.29 is 4.79 Å². The van der Waals surface area contributed by atoms with Crippen LogP contribution in [0.15, 0.2) is 36.4 Å². The number of carbonyl (C=O) groups excluding carboxylic acids is 1. The van der Waals surface area contributed by atoms with E-state index < -0.39 is 0 Å². The Morgan fingerprint density at radius 1 is 1.13 bits per heavy atom. The molecule has 0 aromatic heterocycles. The molecule has 0 bridgehead atoms. The average Bonchev–Trinajstić information content (AvgIpc) is 2.44. The van der Waals surface area contributed by atoms with Gasteiger partial charge in [-0.1, -0.05) is 43.3 Å². The van der Waals surface area contributed by atoms with Gasteiger partial charge in [-0.3, -0.25) is 4.79 Å². The first kappa shape index (κ1) is 10.2. The molecule has 0 aliphatic heterocycles. The van der Waals surface area contributed by atoms with Crippen molar-refractivity contribution in [3.63, 3.8) is 0 Å². The molecular weight excluding hydrogens is 184 g/mol. The first-order valence-electron chi connectivity index (χ1n) is 5.54. The highest BCUT2D eigenvalue weighted by Crippen LogP contribution is 2.26. The van der Waals surface area contributed by atoms with E-state index in [-0.39, 0.29) is 5.92 Å². The molecule has 0 heterocycles. The topological polar surface area (TPSA) is 17.1 Å². The molecule has 0 amide bonds. The van der Waals surface area contributed by atoms with Crippen molar-refractivity contribution in [1.29, 1.82) is 0 Å². The van der Waals surface area contributed by atoms with Crippen molar-refractivity contribution in [3.8, 4) is 0 Å². The minimum absolute atomic E-state index is 0.200. The van der Waals surface area contributed by atoms with Crippen molar-refractivity contribution in [1.82, 2.24) is 0 Å². The fraction of sp³-hybridized carbons (Fsp3) is 0.357. The van der Waals surface area contributed by atoms with E-state index in [2.05, 4.69) is 18.2 Å². The number of benzene rings is 1. The first-order chi connectivity index (χ1) is 7.27. The lowest BCUT2D eigenvalue weighted by atomic mass is 10.0. The van der Waals surface area contributed by atoms with Gasteiger partial charge in [-0.25, -0.2) is 0 Å². The van der Waals surface area contributed by atoms with Gasteiger partial charge in [0.15, 0.2) is 0 Å². The zero-order valence-corrected chi connectivity index (χ0v) is 9.07. The van der Waals surface area contributed by atoms with Crippen molar-refractivity contribution in [3.05, 3.63) is 42.0 Å². The number of carbonyl (C=O) groups is 1. The summed E-state index contributed by atoms with van der Waals surface area (Å²) in [5.41, 5.74) is 2.59. The molecule has 78 valence electrons. The van der Waals surface area contributed by atoms with E-state index in [9.17, 15) is 4.79 Å². The van der Waals surface area contributed by atoms with Crippen LogP contribution in [0.2, 0.25) is 0 Å². The third kappa shape index (κ3) is 2.35. The number of hydrogen-bond donors (Lipinski definition) is 0. The number of allylic oxidation sites excluding steroid dienone is 2. The molecule has 0 radical (unpaired) electrons. The van der Waals surface area contributed by atoms with Crippen LogP contribution < -0.4 is 0 Å². The van der Waals surface area contributed by atoms with E-state index in [1.54, 1.807) is 0 Å². The van der Waals surface area contributed by atoms with Crippen LogP contribution in [-0.4, -0.2) is 5.78 Å². The summed E-state index contributed by atoms with van der Waals surface area (Å²) in [5.74, 6) is 0.600. The van der Waals surface area contributed by atoms with Crippen molar-refractivity contribution in [2.24, 2.45) is 5.92 Å². The largest absolute Gasteiger partial charge is 0.299 e. The lowest BCUT2D eigenvalue weighted by Gasteiger charge is -2.03. The quantitative estimate of drug-likeness (QED) is 0.678. The molecule has 2 rings (SSSR count). The van der Waals surface area contributed by atoms with E-state index in [0.29, 0.717) is 12.2 Å². The highest BCUT2D eigenvalue weighted by molar-refractivity contribution is 5.84. The molecule has 1 atom stereocenters. The summed E-state index contributed by atoms with van der Waals surface area (Å²) in [5, 5.41) is 0. The first-order valence-corrected chi connectivity index (χ1v) is 5.54. The van der Waals surface area contributed by atoms with Crippen LogP contribution in [0.4, 0.5) is 0 Å². The van der Waals surface area contributed by atoms with Crippen molar-refractivity contribution in [2.75, 3.05) is 0 Å². The van der Waals surface area contributed by atoms with Crippen LogP contribution in [0, 0.1) is 5.92 Å². The van der Waals surface area contributed by atoms with Gasteiger partial charge < -0.3 is 0 Å². The van der Waals surface area contributed by atoms with Gasteiger partial charge in [-0.2, -0.15) is 0 Å². The van der Waals surface area contributed by atoms with E-state index in [0.717, 1.165) is 12.8 Å². The summed E-state index contributed by atoms with van der Waals surface area (Å²) in [6.45, 7) is 2.02. The molecule has 1 heteroatoms. The molecule has 15 heavy (non-hydrogen) atoms. The number of ketones is 1. The van der Waals surface area contributed by atoms with Crippen molar-refractivity contribution >= 4 is 11.4 Å². The molecular formula is C14H16O. The fourth-order valence-corrected chi connectivity index (χ4v) is 1.97. The molecule has 1 aliphatic carbocycles. The summed E-state index contributed by atoms with van der Waals surface area (Å²) >= 11 is 0. The number of hydrogen-bond acceptors (Lipinski definition) is 1. The van der Waals surface area contributed by atoms with Crippen LogP contribution >= 0.6 is 0 Å². The van der Waals surface area contributed by atoms with E-state index in [1.807, 2.05) is 25.1 Å². The molecule has 0 fully saturated rings. The van der Waals surface area contributed by atoms with Gasteiger partial charge in [0.05, 0.1) is 0 Å². The van der Waals surface area contributed by atoms with Gasteiger partial charge in [0.2, 0.25) is 0 Å². The zero-order valence-electron chi connectivity index (χ0n) is 9.07. The zero-order chi connectivity index (χ0) is 10.7. The highest BCUT2D eigenvalue weighted by Gasteiger charge is 2.16. The maximum Gasteiger partial charge on any atom is 0.136 e. The third-order valence-electron chi connectivity index (χ3n) is 3.05. The normalized spacial score (nSPS) is 22.1. The van der Waals surface area contributed by atoms with Crippen LogP contribution in [0.3, 0.4) is 0 Å². The molecule has 1 nitrogen and oxygen atoms in total. The van der Waals surface area contributed by atoms with Crippen LogP contribution in [0.25, 0.3) is 5.57 Å². The Bertz CT molecular complexity index is 376. The molecule has 1 aromatic rings. The predicted molar refractivity (Wildman–Crippen MR) is 62.4 cm³/mol. The third-order valence-corrected chi connectivity index (χ3v) is 3.05. The molecule has 1 aromatic carbocycles. The Morgan fingerprint density at radius 2 is 1.87 bits per heavy atom. The number of rotatable bonds is 1. The molecule has 0 saturated heterocycles. The van der Waals surface area contributed by atoms with Gasteiger partial charge in [-0.05, 0) is 24.0 Å². The van der Waals surface area contributed by atoms with Gasteiger partial charge >= 0.3 is 0 Å². The van der Waals surface area contributed by atoms with Gasteiger partial charge in [0.1, 0.15) is 5.78 Å². The van der Waals surface area contributed by atoms with Gasteiger partial charge in [0, 0.05) is 12.3 Å². The highest BCUT2D eigenvalue weighted by atomic mass is 16.1. The standard InChI is InChI=1S/C14H16O/c1-11-7-8-13(9-10-14(11)15)12-5-3-2-4-6-12/h2-6,8,11H,7,9-10H2,1H3. The second kappa shape index (κ2) is 4.43. The van der Waals surface area contributed by atoms with Crippen LogP contribution in [0.5, 0.6) is 0 Å². The average molecular weight is 200 g/mol. The fourth-order valence-electron chi connectivity index (χ4n) is 1.97. The second-order valence-corrected chi connectivity index (χ2v) is 4.20. The summed E-state index contributed by atoms with van der Waals surface area (Å²) in [6.07, 6.45) is 4.71. The lowest BCUT2D eigenvalue weighted by Crippen LogP contribution is -2.07. The van der Waals surface area contributed by atoms with Crippen LogP contribution in [-0.2, 0) is 4.79 Å². The lowest BCUT2D eigenvalue weighted by molar-refractivity contribution is -0.122. The summed E-state index contributed by atoms with van der Waals surface area (Å²) in [7, 11) is 0. The molecule has 1 unspecified atom stereocenters. The SMILES string of the molecule is CC1CC=C(c2ccccc2)CCC1=O. The summed E-state index contributed by atoms with van der Waals surface area (Å²) < 4.78 is 0. The Labute approximate surface area is 90.8 Å². The molecule has 1 aliphatic rings. The predicted octanol–water partition coefficient (Wildman–Crippen LogP) is 3.46. The Balaban J connectivity index is 2.21. The molecule has 0 N–H and O–H groups in total. The van der Waals surface area contributed by atoms with Gasteiger partial charge in [0.25, 0.3) is 0 Å². The number of Topliss-reactive ketones (excluding diaryl/α,β-unsaturated/α-hetero) is 1. The van der Waals surface area contributed by atoms with E-state index in [1.165, 1.54) is 11.1 Å². The maximum absolute atomic E-state index is 11.6. The summed E-state index contributed by atoms with van der Waals surface area (Å²) in [6, 6.07) is 10.4. The summed E-state index contributed by atoms with van der Waals surface area (Å²) in [4.78, 5) is 11.6. The minimum Gasteiger partial charge on any atom is -0.299 e. The Morgan fingerprint density at radius 3 is 2.60 bits per heavy atom. The maximum atomic E-state index is 11.6. The Hall–Kier alpha value is -1.37.